The van der Waals surface area contributed by atoms with Crippen molar-refractivity contribution in [2.75, 3.05) is 6.54 Å². The van der Waals surface area contributed by atoms with E-state index in [-0.39, 0.29) is 10.6 Å². The van der Waals surface area contributed by atoms with Gasteiger partial charge in [-0.25, -0.2) is 4.39 Å². The van der Waals surface area contributed by atoms with E-state index in [2.05, 4.69) is 0 Å². The Balaban J connectivity index is 1.73. The average molecular weight is 251 g/mol. The minimum atomic E-state index is -0.111. The van der Waals surface area contributed by atoms with E-state index in [1.54, 1.807) is 17.8 Å². The fourth-order valence-electron chi connectivity index (χ4n) is 3.36. The van der Waals surface area contributed by atoms with Gasteiger partial charge in [-0.1, -0.05) is 18.6 Å². The van der Waals surface area contributed by atoms with Gasteiger partial charge >= 0.3 is 0 Å². The number of rotatable bonds is 3. The number of hydrogen-bond donors (Lipinski definition) is 1. The van der Waals surface area contributed by atoms with Gasteiger partial charge in [-0.2, -0.15) is 0 Å². The summed E-state index contributed by atoms with van der Waals surface area (Å²) in [7, 11) is 0. The van der Waals surface area contributed by atoms with E-state index in [9.17, 15) is 4.39 Å². The van der Waals surface area contributed by atoms with Crippen LogP contribution in [0.1, 0.15) is 32.1 Å². The second-order valence-corrected chi connectivity index (χ2v) is 7.14. The lowest BCUT2D eigenvalue weighted by Crippen LogP contribution is -2.56. The Morgan fingerprint density at radius 2 is 1.94 bits per heavy atom. The second-order valence-electron chi connectivity index (χ2n) is 5.63. The highest BCUT2D eigenvalue weighted by Gasteiger charge is 2.56. The molecule has 0 unspecified atom stereocenters. The van der Waals surface area contributed by atoms with Crippen molar-refractivity contribution in [2.24, 2.45) is 11.1 Å². The van der Waals surface area contributed by atoms with Gasteiger partial charge in [-0.3, -0.25) is 0 Å². The quantitative estimate of drug-likeness (QED) is 0.888. The molecule has 0 aliphatic heterocycles. The summed E-state index contributed by atoms with van der Waals surface area (Å²) >= 11 is 1.66. The van der Waals surface area contributed by atoms with Crippen LogP contribution in [-0.2, 0) is 0 Å². The Kier molecular flexibility index (Phi) is 2.71. The van der Waals surface area contributed by atoms with Crippen molar-refractivity contribution >= 4 is 11.8 Å². The fraction of sp³-hybridized carbons (Fsp3) is 0.571. The maximum absolute atomic E-state index is 13.6. The van der Waals surface area contributed by atoms with Crippen LogP contribution in [0.5, 0.6) is 0 Å². The predicted molar refractivity (Wildman–Crippen MR) is 69.6 cm³/mol. The molecule has 3 heteroatoms. The van der Waals surface area contributed by atoms with E-state index in [0.29, 0.717) is 12.0 Å². The first-order valence-corrected chi connectivity index (χ1v) is 7.12. The van der Waals surface area contributed by atoms with Crippen LogP contribution < -0.4 is 5.73 Å². The predicted octanol–water partition coefficient (Wildman–Crippen LogP) is 3.58. The van der Waals surface area contributed by atoms with E-state index in [1.807, 2.05) is 12.1 Å². The molecule has 1 aromatic carbocycles. The third-order valence-corrected chi connectivity index (χ3v) is 5.78. The lowest BCUT2D eigenvalue weighted by molar-refractivity contribution is -0.00144. The van der Waals surface area contributed by atoms with Crippen molar-refractivity contribution in [2.45, 2.75) is 41.7 Å². The van der Waals surface area contributed by atoms with Gasteiger partial charge in [-0.05, 0) is 43.2 Å². The molecule has 2 N–H and O–H groups in total. The number of halogens is 1. The van der Waals surface area contributed by atoms with Crippen LogP contribution in [0.3, 0.4) is 0 Å². The van der Waals surface area contributed by atoms with Crippen molar-refractivity contribution in [1.29, 1.82) is 0 Å². The molecule has 2 aliphatic rings. The minimum absolute atomic E-state index is 0.0998. The van der Waals surface area contributed by atoms with Crippen LogP contribution in [0.25, 0.3) is 0 Å². The molecule has 0 bridgehead atoms. The third kappa shape index (κ3) is 1.89. The molecule has 17 heavy (non-hydrogen) atoms. The van der Waals surface area contributed by atoms with Crippen molar-refractivity contribution in [3.8, 4) is 0 Å². The van der Waals surface area contributed by atoms with Gasteiger partial charge in [0.25, 0.3) is 0 Å². The van der Waals surface area contributed by atoms with Crippen LogP contribution >= 0.6 is 11.8 Å². The maximum Gasteiger partial charge on any atom is 0.136 e. The monoisotopic (exact) mass is 251 g/mol. The van der Waals surface area contributed by atoms with Crippen LogP contribution in [0.4, 0.5) is 4.39 Å². The lowest BCUT2D eigenvalue weighted by atomic mass is 9.51. The molecule has 1 spiro atoms. The van der Waals surface area contributed by atoms with Crippen molar-refractivity contribution in [1.82, 2.24) is 0 Å². The normalized spacial score (nSPS) is 24.1. The average Bonchev–Trinajstić information content (AvgIpc) is 2.23. The molecule has 2 fully saturated rings. The molecule has 0 radical (unpaired) electrons. The zero-order chi connectivity index (χ0) is 11.9. The van der Waals surface area contributed by atoms with E-state index < -0.39 is 0 Å². The maximum atomic E-state index is 13.6. The zero-order valence-electron chi connectivity index (χ0n) is 9.92. The van der Waals surface area contributed by atoms with Crippen LogP contribution in [0.2, 0.25) is 0 Å². The number of hydrogen-bond acceptors (Lipinski definition) is 2. The summed E-state index contributed by atoms with van der Waals surface area (Å²) in [5, 5.41) is 0. The highest BCUT2D eigenvalue weighted by atomic mass is 32.2. The highest BCUT2D eigenvalue weighted by molar-refractivity contribution is 8.00. The van der Waals surface area contributed by atoms with Crippen molar-refractivity contribution < 1.29 is 4.39 Å². The van der Waals surface area contributed by atoms with Gasteiger partial charge < -0.3 is 5.73 Å². The molecule has 0 atom stereocenters. The summed E-state index contributed by atoms with van der Waals surface area (Å²) < 4.78 is 13.7. The molecule has 1 nitrogen and oxygen atoms in total. The van der Waals surface area contributed by atoms with E-state index in [0.717, 1.165) is 4.90 Å². The van der Waals surface area contributed by atoms with Gasteiger partial charge in [0.1, 0.15) is 5.82 Å². The summed E-state index contributed by atoms with van der Waals surface area (Å²) in [6, 6.07) is 7.03. The Morgan fingerprint density at radius 3 is 2.47 bits per heavy atom. The Morgan fingerprint density at radius 1 is 1.24 bits per heavy atom. The second kappa shape index (κ2) is 3.99. The molecule has 1 aromatic rings. The molecule has 3 rings (SSSR count). The molecule has 2 saturated carbocycles. The number of nitrogens with two attached hydrogens (primary N) is 1. The molecule has 0 saturated heterocycles. The molecule has 0 aromatic heterocycles. The van der Waals surface area contributed by atoms with Crippen molar-refractivity contribution in [3.05, 3.63) is 30.1 Å². The molecule has 92 valence electrons. The Labute approximate surface area is 106 Å². The van der Waals surface area contributed by atoms with Gasteiger partial charge in [0, 0.05) is 16.2 Å². The molecular formula is C14H18FNS. The number of thioether (sulfide) groups is 1. The summed E-state index contributed by atoms with van der Waals surface area (Å²) in [6.45, 7) is 0.660. The van der Waals surface area contributed by atoms with Crippen LogP contribution in [0.15, 0.2) is 29.2 Å². The van der Waals surface area contributed by atoms with Gasteiger partial charge in [0.05, 0.1) is 0 Å². The Hall–Kier alpha value is -0.540. The van der Waals surface area contributed by atoms with E-state index in [4.69, 9.17) is 5.73 Å². The summed E-state index contributed by atoms with van der Waals surface area (Å²) in [5.74, 6) is -0.111. The van der Waals surface area contributed by atoms with Gasteiger partial charge in [0.15, 0.2) is 0 Å². The van der Waals surface area contributed by atoms with Crippen LogP contribution in [0, 0.1) is 11.2 Å². The standard InChI is InChI=1S/C14H18FNS/c15-11-4-1-2-5-12(11)17-14(10-16)8-13(9-14)6-3-7-13/h1-2,4-5H,3,6-10,16H2. The minimum Gasteiger partial charge on any atom is -0.329 e. The van der Waals surface area contributed by atoms with Gasteiger partial charge in [-0.15, -0.1) is 11.8 Å². The zero-order valence-corrected chi connectivity index (χ0v) is 10.7. The fourth-order valence-corrected chi connectivity index (χ4v) is 4.98. The first-order valence-electron chi connectivity index (χ1n) is 6.31. The van der Waals surface area contributed by atoms with E-state index >= 15 is 0 Å². The van der Waals surface area contributed by atoms with Gasteiger partial charge in [0.2, 0.25) is 0 Å². The SMILES string of the molecule is NCC1(Sc2ccccc2F)CC2(CCC2)C1. The topological polar surface area (TPSA) is 26.0 Å². The summed E-state index contributed by atoms with van der Waals surface area (Å²) in [4.78, 5) is 0.757. The number of benzene rings is 1. The molecule has 0 heterocycles. The molecule has 0 amide bonds. The summed E-state index contributed by atoms with van der Waals surface area (Å²) in [5.41, 5.74) is 6.50. The highest BCUT2D eigenvalue weighted by Crippen LogP contribution is 2.65. The van der Waals surface area contributed by atoms with Crippen molar-refractivity contribution in [3.63, 3.8) is 0 Å². The largest absolute Gasteiger partial charge is 0.329 e. The lowest BCUT2D eigenvalue weighted by Gasteiger charge is -2.60. The first-order chi connectivity index (χ1) is 8.17. The molecule has 2 aliphatic carbocycles. The smallest absolute Gasteiger partial charge is 0.136 e. The molecular weight excluding hydrogens is 233 g/mol. The third-order valence-electron chi connectivity index (χ3n) is 4.34. The van der Waals surface area contributed by atoms with E-state index in [1.165, 1.54) is 38.2 Å². The summed E-state index contributed by atoms with van der Waals surface area (Å²) in [6.07, 6.45) is 6.43. The Bertz CT molecular complexity index is 420. The van der Waals surface area contributed by atoms with Crippen LogP contribution in [-0.4, -0.2) is 11.3 Å². The first kappa shape index (κ1) is 11.5.